The third-order valence-electron chi connectivity index (χ3n) is 5.29. The van der Waals surface area contributed by atoms with Crippen LogP contribution in [0.5, 0.6) is 5.75 Å². The monoisotopic (exact) mass is 534 g/mol. The molecule has 0 saturated heterocycles. The number of hydrogen-bond donors (Lipinski definition) is 0. The maximum atomic E-state index is 12.8. The molecule has 3 aromatic carbocycles. The summed E-state index contributed by atoms with van der Waals surface area (Å²) in [7, 11) is -6.53. The Balaban J connectivity index is 1.66. The lowest BCUT2D eigenvalue weighted by atomic mass is 10.2. The van der Waals surface area contributed by atoms with Crippen LogP contribution in [0.2, 0.25) is 0 Å². The smallest absolute Gasteiger partial charge is 0.297 e. The molecule has 0 unspecified atom stereocenters. The van der Waals surface area contributed by atoms with E-state index in [9.17, 15) is 16.8 Å². The summed E-state index contributed by atoms with van der Waals surface area (Å²) in [5.41, 5.74) is 2.68. The van der Waals surface area contributed by atoms with Crippen LogP contribution in [0.25, 0.3) is 0 Å². The molecule has 8 nitrogen and oxygen atoms in total. The fourth-order valence-electron chi connectivity index (χ4n) is 3.19. The lowest BCUT2D eigenvalue weighted by molar-refractivity contribution is 0.0347. The summed E-state index contributed by atoms with van der Waals surface area (Å²) >= 11 is 0. The third kappa shape index (κ3) is 8.14. The molecule has 0 amide bonds. The number of methoxy groups -OCH3 is 1. The van der Waals surface area contributed by atoms with Crippen molar-refractivity contribution in [3.05, 3.63) is 89.5 Å². The van der Waals surface area contributed by atoms with Gasteiger partial charge >= 0.3 is 0 Å². The molecule has 0 aromatic heterocycles. The van der Waals surface area contributed by atoms with Crippen molar-refractivity contribution in [3.63, 3.8) is 0 Å². The number of aryl methyl sites for hydroxylation is 2. The highest BCUT2D eigenvalue weighted by atomic mass is 32.2. The van der Waals surface area contributed by atoms with Crippen LogP contribution in [0.4, 0.5) is 0 Å². The SMILES string of the molecule is COc1ccc(COC[C@H](CCOS(=O)(=O)c2ccc(C)cc2)OS(=O)(=O)c2ccc(C)cc2)cc1. The quantitative estimate of drug-likeness (QED) is 0.297. The minimum Gasteiger partial charge on any atom is -0.497 e. The molecule has 0 aliphatic heterocycles. The Bertz CT molecular complexity index is 1320. The van der Waals surface area contributed by atoms with E-state index in [1.807, 2.05) is 26.0 Å². The van der Waals surface area contributed by atoms with Gasteiger partial charge in [0.05, 0.1) is 36.7 Å². The second-order valence-corrected chi connectivity index (χ2v) is 11.4. The second-order valence-electron chi connectivity index (χ2n) is 8.23. The molecule has 0 fully saturated rings. The molecule has 0 aliphatic rings. The van der Waals surface area contributed by atoms with Crippen LogP contribution >= 0.6 is 0 Å². The van der Waals surface area contributed by atoms with E-state index in [0.717, 1.165) is 16.7 Å². The molecule has 0 aliphatic carbocycles. The molecular formula is C26H30O8S2. The highest BCUT2D eigenvalue weighted by molar-refractivity contribution is 7.87. The van der Waals surface area contributed by atoms with Crippen LogP contribution in [0, 0.1) is 13.8 Å². The van der Waals surface area contributed by atoms with E-state index in [1.165, 1.54) is 24.3 Å². The van der Waals surface area contributed by atoms with Crippen LogP contribution in [0.3, 0.4) is 0 Å². The lowest BCUT2D eigenvalue weighted by Gasteiger charge is -2.18. The molecule has 3 rings (SSSR count). The van der Waals surface area contributed by atoms with Gasteiger partial charge in [-0.15, -0.1) is 0 Å². The summed E-state index contributed by atoms with van der Waals surface area (Å²) in [5, 5.41) is 0. The molecule has 0 spiro atoms. The predicted octanol–water partition coefficient (Wildman–Crippen LogP) is 4.40. The molecular weight excluding hydrogens is 504 g/mol. The molecule has 0 bridgehead atoms. The van der Waals surface area contributed by atoms with Crippen LogP contribution in [0.15, 0.2) is 82.6 Å². The molecule has 0 heterocycles. The second kappa shape index (κ2) is 12.5. The van der Waals surface area contributed by atoms with E-state index < -0.39 is 26.3 Å². The van der Waals surface area contributed by atoms with Crippen molar-refractivity contribution in [3.8, 4) is 5.75 Å². The molecule has 0 saturated carbocycles. The highest BCUT2D eigenvalue weighted by Gasteiger charge is 2.24. The molecule has 0 N–H and O–H groups in total. The first-order valence-corrected chi connectivity index (χ1v) is 14.1. The summed E-state index contributed by atoms with van der Waals surface area (Å²) < 4.78 is 72.0. The minimum absolute atomic E-state index is 0.00134. The summed E-state index contributed by atoms with van der Waals surface area (Å²) in [6.07, 6.45) is -0.999. The van der Waals surface area contributed by atoms with Crippen LogP contribution in [0.1, 0.15) is 23.1 Å². The summed E-state index contributed by atoms with van der Waals surface area (Å²) in [5.74, 6) is 0.705. The topological polar surface area (TPSA) is 105 Å². The van der Waals surface area contributed by atoms with Crippen LogP contribution in [-0.4, -0.2) is 43.3 Å². The van der Waals surface area contributed by atoms with Crippen LogP contribution < -0.4 is 4.74 Å². The number of hydrogen-bond acceptors (Lipinski definition) is 8. The predicted molar refractivity (Wildman–Crippen MR) is 135 cm³/mol. The summed E-state index contributed by atoms with van der Waals surface area (Å²) in [4.78, 5) is 0.0232. The third-order valence-corrected chi connectivity index (χ3v) is 7.99. The molecule has 3 aromatic rings. The van der Waals surface area contributed by atoms with Crippen molar-refractivity contribution in [1.82, 2.24) is 0 Å². The van der Waals surface area contributed by atoms with E-state index in [4.69, 9.17) is 17.8 Å². The van der Waals surface area contributed by atoms with Crippen LogP contribution in [-0.2, 0) is 39.9 Å². The summed E-state index contributed by atoms with van der Waals surface area (Å²) in [6.45, 7) is 3.52. The van der Waals surface area contributed by atoms with E-state index in [1.54, 1.807) is 43.5 Å². The number of ether oxygens (including phenoxy) is 2. The van der Waals surface area contributed by atoms with Gasteiger partial charge in [0.1, 0.15) is 11.9 Å². The van der Waals surface area contributed by atoms with E-state index in [-0.39, 0.29) is 36.0 Å². The van der Waals surface area contributed by atoms with Gasteiger partial charge in [-0.3, -0.25) is 8.37 Å². The Labute approximate surface area is 213 Å². The summed E-state index contributed by atoms with van der Waals surface area (Å²) in [6, 6.07) is 19.7. The average molecular weight is 535 g/mol. The van der Waals surface area contributed by atoms with Gasteiger partial charge in [0.15, 0.2) is 0 Å². The van der Waals surface area contributed by atoms with Crippen molar-refractivity contribution < 1.29 is 34.7 Å². The van der Waals surface area contributed by atoms with Gasteiger partial charge in [-0.2, -0.15) is 16.8 Å². The molecule has 194 valence electrons. The van der Waals surface area contributed by atoms with Gasteiger partial charge < -0.3 is 9.47 Å². The van der Waals surface area contributed by atoms with Gasteiger partial charge in [-0.1, -0.05) is 47.5 Å². The van der Waals surface area contributed by atoms with Crippen molar-refractivity contribution >= 4 is 20.2 Å². The normalized spacial score (nSPS) is 12.9. The van der Waals surface area contributed by atoms with E-state index in [0.29, 0.717) is 5.75 Å². The zero-order valence-corrected chi connectivity index (χ0v) is 22.0. The zero-order valence-electron chi connectivity index (χ0n) is 20.4. The fraction of sp³-hybridized carbons (Fsp3) is 0.308. The van der Waals surface area contributed by atoms with E-state index >= 15 is 0 Å². The van der Waals surface area contributed by atoms with Gasteiger partial charge in [0.25, 0.3) is 20.2 Å². The first kappa shape index (κ1) is 27.8. The minimum atomic E-state index is -4.10. The van der Waals surface area contributed by atoms with Gasteiger partial charge in [0.2, 0.25) is 0 Å². The Morgan fingerprint density at radius 2 is 1.25 bits per heavy atom. The average Bonchev–Trinajstić information content (AvgIpc) is 2.84. The maximum absolute atomic E-state index is 12.8. The Morgan fingerprint density at radius 1 is 0.722 bits per heavy atom. The van der Waals surface area contributed by atoms with Crippen molar-refractivity contribution in [1.29, 1.82) is 0 Å². The Hall–Kier alpha value is -2.76. The lowest BCUT2D eigenvalue weighted by Crippen LogP contribution is -2.26. The zero-order chi connectivity index (χ0) is 26.2. The standard InChI is InChI=1S/C26H30O8S2/c1-20-4-12-25(13-5-20)35(27,28)33-17-16-24(19-32-18-22-8-10-23(31-3)11-9-22)34-36(29,30)26-14-6-21(2)7-15-26/h4-15,24H,16-19H2,1-3H3/t24-/m0/s1. The van der Waals surface area contributed by atoms with Gasteiger partial charge in [0, 0.05) is 6.42 Å². The Morgan fingerprint density at radius 3 is 1.78 bits per heavy atom. The largest absolute Gasteiger partial charge is 0.497 e. The van der Waals surface area contributed by atoms with Gasteiger partial charge in [-0.05, 0) is 55.8 Å². The molecule has 10 heteroatoms. The number of benzene rings is 3. The first-order chi connectivity index (χ1) is 17.1. The van der Waals surface area contributed by atoms with Crippen molar-refractivity contribution in [2.75, 3.05) is 20.3 Å². The maximum Gasteiger partial charge on any atom is 0.297 e. The number of rotatable bonds is 13. The highest BCUT2D eigenvalue weighted by Crippen LogP contribution is 2.19. The Kier molecular flexibility index (Phi) is 9.63. The molecule has 0 radical (unpaired) electrons. The van der Waals surface area contributed by atoms with E-state index in [2.05, 4.69) is 0 Å². The van der Waals surface area contributed by atoms with Crippen molar-refractivity contribution in [2.45, 2.75) is 42.8 Å². The molecule has 36 heavy (non-hydrogen) atoms. The fourth-order valence-corrected chi connectivity index (χ4v) is 5.20. The first-order valence-electron chi connectivity index (χ1n) is 11.3. The van der Waals surface area contributed by atoms with Gasteiger partial charge in [-0.25, -0.2) is 0 Å². The van der Waals surface area contributed by atoms with Crippen molar-refractivity contribution in [2.24, 2.45) is 0 Å². The molecule has 1 atom stereocenters.